The molecule has 3 aromatic rings. The fourth-order valence-corrected chi connectivity index (χ4v) is 2.84. The zero-order valence-electron chi connectivity index (χ0n) is 12.8. The van der Waals surface area contributed by atoms with E-state index in [1.165, 1.54) is 7.11 Å². The Morgan fingerprint density at radius 2 is 2.04 bits per heavy atom. The number of phenolic OH excluding ortho intramolecular Hbond substituents is 1. The molecule has 1 aromatic heterocycles. The number of fused-ring (bicyclic) bond motifs is 1. The molecular weight excluding hydrogens is 358 g/mol. The van der Waals surface area contributed by atoms with Gasteiger partial charge in [0.15, 0.2) is 11.5 Å². The van der Waals surface area contributed by atoms with Gasteiger partial charge in [0.25, 0.3) is 0 Å². The summed E-state index contributed by atoms with van der Waals surface area (Å²) in [5.74, 6) is 1.82. The Bertz CT molecular complexity index is 868. The van der Waals surface area contributed by atoms with Crippen molar-refractivity contribution in [2.75, 3.05) is 12.4 Å². The van der Waals surface area contributed by atoms with Gasteiger partial charge in [-0.1, -0.05) is 28.1 Å². The molecule has 0 fully saturated rings. The number of nitrogens with zero attached hydrogens (tertiary/aromatic N) is 2. The Morgan fingerprint density at radius 3 is 2.78 bits per heavy atom. The van der Waals surface area contributed by atoms with Gasteiger partial charge in [0.05, 0.1) is 12.6 Å². The van der Waals surface area contributed by atoms with Gasteiger partial charge in [-0.25, -0.2) is 9.97 Å². The smallest absolute Gasteiger partial charge is 0.161 e. The summed E-state index contributed by atoms with van der Waals surface area (Å²) in [6.45, 7) is 2.46. The van der Waals surface area contributed by atoms with Crippen molar-refractivity contribution < 1.29 is 9.84 Å². The SMILES string of the molecule is COc1cc2c(NCc3cccc(Br)c3)nc(C)nc2cc1O. The maximum absolute atomic E-state index is 9.92. The summed E-state index contributed by atoms with van der Waals surface area (Å²) in [5.41, 5.74) is 1.81. The lowest BCUT2D eigenvalue weighted by Crippen LogP contribution is -2.04. The summed E-state index contributed by atoms with van der Waals surface area (Å²) >= 11 is 3.47. The van der Waals surface area contributed by atoms with Crippen LogP contribution < -0.4 is 10.1 Å². The number of hydrogen-bond donors (Lipinski definition) is 2. The number of nitrogens with one attached hydrogen (secondary N) is 1. The largest absolute Gasteiger partial charge is 0.504 e. The summed E-state index contributed by atoms with van der Waals surface area (Å²) in [6, 6.07) is 11.4. The van der Waals surface area contributed by atoms with Gasteiger partial charge in [-0.2, -0.15) is 0 Å². The molecule has 3 rings (SSSR count). The first-order chi connectivity index (χ1) is 11.1. The highest BCUT2D eigenvalue weighted by Gasteiger charge is 2.11. The summed E-state index contributed by atoms with van der Waals surface area (Å²) in [6.07, 6.45) is 0. The van der Waals surface area contributed by atoms with Crippen LogP contribution in [0.4, 0.5) is 5.82 Å². The third-order valence-corrected chi connectivity index (χ3v) is 3.95. The van der Waals surface area contributed by atoms with Crippen molar-refractivity contribution in [2.24, 2.45) is 0 Å². The monoisotopic (exact) mass is 373 g/mol. The zero-order valence-corrected chi connectivity index (χ0v) is 14.4. The van der Waals surface area contributed by atoms with E-state index >= 15 is 0 Å². The van der Waals surface area contributed by atoms with Crippen LogP contribution in [0.3, 0.4) is 0 Å². The van der Waals surface area contributed by atoms with Crippen molar-refractivity contribution >= 4 is 32.7 Å². The first-order valence-electron chi connectivity index (χ1n) is 7.10. The number of phenols is 1. The minimum Gasteiger partial charge on any atom is -0.504 e. The number of aryl methyl sites for hydroxylation is 1. The molecular formula is C17H16BrN3O2. The highest BCUT2D eigenvalue weighted by Crippen LogP contribution is 2.33. The number of ether oxygens (including phenoxy) is 1. The van der Waals surface area contributed by atoms with E-state index in [4.69, 9.17) is 4.74 Å². The van der Waals surface area contributed by atoms with E-state index < -0.39 is 0 Å². The van der Waals surface area contributed by atoms with Crippen LogP contribution in [0.1, 0.15) is 11.4 Å². The fraction of sp³-hybridized carbons (Fsp3) is 0.176. The van der Waals surface area contributed by atoms with Crippen LogP contribution in [0.5, 0.6) is 11.5 Å². The summed E-state index contributed by atoms with van der Waals surface area (Å²) < 4.78 is 6.21. The van der Waals surface area contributed by atoms with Gasteiger partial charge >= 0.3 is 0 Å². The highest BCUT2D eigenvalue weighted by molar-refractivity contribution is 9.10. The number of methoxy groups -OCH3 is 1. The molecule has 0 unspecified atom stereocenters. The van der Waals surface area contributed by atoms with Crippen LogP contribution in [0.25, 0.3) is 10.9 Å². The van der Waals surface area contributed by atoms with Crippen LogP contribution in [-0.4, -0.2) is 22.2 Å². The normalized spacial score (nSPS) is 10.7. The van der Waals surface area contributed by atoms with Gasteiger partial charge < -0.3 is 15.2 Å². The molecule has 0 radical (unpaired) electrons. The molecule has 23 heavy (non-hydrogen) atoms. The molecule has 0 spiro atoms. The Hall–Kier alpha value is -2.34. The molecule has 5 nitrogen and oxygen atoms in total. The third-order valence-electron chi connectivity index (χ3n) is 3.46. The van der Waals surface area contributed by atoms with Gasteiger partial charge in [-0.05, 0) is 30.7 Å². The van der Waals surface area contributed by atoms with E-state index in [0.29, 0.717) is 29.5 Å². The van der Waals surface area contributed by atoms with Crippen molar-refractivity contribution in [1.82, 2.24) is 9.97 Å². The number of benzene rings is 2. The number of rotatable bonds is 4. The Morgan fingerprint density at radius 1 is 1.22 bits per heavy atom. The molecule has 2 aromatic carbocycles. The molecule has 118 valence electrons. The Labute approximate surface area is 142 Å². The van der Waals surface area contributed by atoms with E-state index in [1.807, 2.05) is 25.1 Å². The minimum absolute atomic E-state index is 0.0658. The second-order valence-corrected chi connectivity index (χ2v) is 6.06. The molecule has 0 amide bonds. The fourth-order valence-electron chi connectivity index (χ4n) is 2.39. The van der Waals surface area contributed by atoms with Crippen molar-refractivity contribution in [1.29, 1.82) is 0 Å². The van der Waals surface area contributed by atoms with Gasteiger partial charge in [-0.3, -0.25) is 0 Å². The average molecular weight is 374 g/mol. The maximum Gasteiger partial charge on any atom is 0.161 e. The standard InChI is InChI=1S/C17H16BrN3O2/c1-10-20-14-8-15(22)16(23-2)7-13(14)17(21-10)19-9-11-4-3-5-12(18)6-11/h3-8,22H,9H2,1-2H3,(H,19,20,21). The second kappa shape index (κ2) is 6.42. The van der Waals surface area contributed by atoms with Crippen LogP contribution in [0, 0.1) is 6.92 Å². The van der Waals surface area contributed by atoms with Crippen LogP contribution in [-0.2, 0) is 6.54 Å². The number of hydrogen-bond acceptors (Lipinski definition) is 5. The lowest BCUT2D eigenvalue weighted by Gasteiger charge is -2.12. The van der Waals surface area contributed by atoms with Crippen LogP contribution >= 0.6 is 15.9 Å². The molecule has 0 aliphatic heterocycles. The lowest BCUT2D eigenvalue weighted by molar-refractivity contribution is 0.374. The summed E-state index contributed by atoms with van der Waals surface area (Å²) in [7, 11) is 1.52. The van der Waals surface area contributed by atoms with Gasteiger partial charge in [0.1, 0.15) is 11.6 Å². The molecule has 0 saturated carbocycles. The Kier molecular flexibility index (Phi) is 4.34. The van der Waals surface area contributed by atoms with Crippen LogP contribution in [0.15, 0.2) is 40.9 Å². The van der Waals surface area contributed by atoms with E-state index in [0.717, 1.165) is 15.4 Å². The van der Waals surface area contributed by atoms with Crippen molar-refractivity contribution in [3.63, 3.8) is 0 Å². The van der Waals surface area contributed by atoms with E-state index in [9.17, 15) is 5.11 Å². The summed E-state index contributed by atoms with van der Waals surface area (Å²) in [5, 5.41) is 14.1. The molecule has 1 heterocycles. The van der Waals surface area contributed by atoms with Crippen molar-refractivity contribution in [3.8, 4) is 11.5 Å². The highest BCUT2D eigenvalue weighted by atomic mass is 79.9. The topological polar surface area (TPSA) is 67.3 Å². The van der Waals surface area contributed by atoms with Gasteiger partial charge in [-0.15, -0.1) is 0 Å². The predicted octanol–water partition coefficient (Wildman–Crippen LogP) is 4.03. The lowest BCUT2D eigenvalue weighted by atomic mass is 10.2. The molecule has 0 aliphatic carbocycles. The molecule has 0 atom stereocenters. The van der Waals surface area contributed by atoms with Gasteiger partial charge in [0.2, 0.25) is 0 Å². The van der Waals surface area contributed by atoms with Crippen molar-refractivity contribution in [3.05, 3.63) is 52.3 Å². The number of aromatic nitrogens is 2. The molecule has 2 N–H and O–H groups in total. The molecule has 0 saturated heterocycles. The Balaban J connectivity index is 1.98. The molecule has 0 aliphatic rings. The van der Waals surface area contributed by atoms with E-state index in [-0.39, 0.29) is 5.75 Å². The quantitative estimate of drug-likeness (QED) is 0.722. The third kappa shape index (κ3) is 3.37. The van der Waals surface area contributed by atoms with Gasteiger partial charge in [0, 0.05) is 22.5 Å². The zero-order chi connectivity index (χ0) is 16.4. The number of anilines is 1. The molecule has 6 heteroatoms. The summed E-state index contributed by atoms with van der Waals surface area (Å²) in [4.78, 5) is 8.84. The van der Waals surface area contributed by atoms with Crippen molar-refractivity contribution in [2.45, 2.75) is 13.5 Å². The van der Waals surface area contributed by atoms with Crippen LogP contribution in [0.2, 0.25) is 0 Å². The first kappa shape index (κ1) is 15.6. The first-order valence-corrected chi connectivity index (χ1v) is 7.90. The average Bonchev–Trinajstić information content (AvgIpc) is 2.52. The minimum atomic E-state index is 0.0658. The second-order valence-electron chi connectivity index (χ2n) is 5.14. The predicted molar refractivity (Wildman–Crippen MR) is 94.0 cm³/mol. The number of aromatic hydroxyl groups is 1. The van der Waals surface area contributed by atoms with E-state index in [1.54, 1.807) is 12.1 Å². The maximum atomic E-state index is 9.92. The van der Waals surface area contributed by atoms with E-state index in [2.05, 4.69) is 37.3 Å². The molecule has 0 bridgehead atoms. The number of halogens is 1.